The Labute approximate surface area is 154 Å². The highest BCUT2D eigenvalue weighted by atomic mass is 32.2. The van der Waals surface area contributed by atoms with Crippen LogP contribution in [0.4, 0.5) is 0 Å². The first-order chi connectivity index (χ1) is 12.5. The fraction of sp³-hybridized carbons (Fsp3) is 0.368. The van der Waals surface area contributed by atoms with Crippen molar-refractivity contribution < 1.29 is 13.2 Å². The van der Waals surface area contributed by atoms with Crippen LogP contribution < -0.4 is 10.0 Å². The lowest BCUT2D eigenvalue weighted by molar-refractivity contribution is 0.0950. The molecule has 0 saturated heterocycles. The molecule has 1 amide bonds. The summed E-state index contributed by atoms with van der Waals surface area (Å²) in [6.07, 6.45) is 6.71. The molecule has 6 nitrogen and oxygen atoms in total. The van der Waals surface area contributed by atoms with Crippen LogP contribution in [0.5, 0.6) is 0 Å². The Bertz CT molecular complexity index is 830. The van der Waals surface area contributed by atoms with Crippen LogP contribution in [0.2, 0.25) is 0 Å². The standard InChI is InChI=1S/C19H23N3O3S/c23-19(21-14-17-8-4-5-13-20-17)15-9-11-18(12-10-15)26(24,25)22-16-6-2-1-3-7-16/h4-5,8-13,16,22H,1-3,6-7,14H2,(H,21,23). The Morgan fingerprint density at radius 2 is 1.77 bits per heavy atom. The van der Waals surface area contributed by atoms with Crippen LogP contribution in [-0.2, 0) is 16.6 Å². The van der Waals surface area contributed by atoms with E-state index in [4.69, 9.17) is 0 Å². The van der Waals surface area contributed by atoms with E-state index in [-0.39, 0.29) is 16.8 Å². The molecular weight excluding hydrogens is 350 g/mol. The molecule has 1 aliphatic carbocycles. The number of carbonyl (C=O) groups is 1. The number of sulfonamides is 1. The first-order valence-electron chi connectivity index (χ1n) is 8.85. The Balaban J connectivity index is 1.60. The second-order valence-electron chi connectivity index (χ2n) is 6.48. The highest BCUT2D eigenvalue weighted by Gasteiger charge is 2.22. The van der Waals surface area contributed by atoms with E-state index in [1.807, 2.05) is 18.2 Å². The third-order valence-corrected chi connectivity index (χ3v) is 6.05. The zero-order chi connectivity index (χ0) is 18.4. The first-order valence-corrected chi connectivity index (χ1v) is 10.3. The number of amides is 1. The van der Waals surface area contributed by atoms with Gasteiger partial charge in [0.15, 0.2) is 0 Å². The molecule has 0 unspecified atom stereocenters. The van der Waals surface area contributed by atoms with Gasteiger partial charge >= 0.3 is 0 Å². The average molecular weight is 373 g/mol. The van der Waals surface area contributed by atoms with Gasteiger partial charge in [0, 0.05) is 17.8 Å². The van der Waals surface area contributed by atoms with E-state index in [2.05, 4.69) is 15.0 Å². The van der Waals surface area contributed by atoms with E-state index in [0.717, 1.165) is 31.4 Å². The Hall–Kier alpha value is -2.25. The number of carbonyl (C=O) groups excluding carboxylic acids is 1. The number of hydrogen-bond acceptors (Lipinski definition) is 4. The SMILES string of the molecule is O=C(NCc1ccccn1)c1ccc(S(=O)(=O)NC2CCCCC2)cc1. The predicted molar refractivity (Wildman–Crippen MR) is 99.0 cm³/mol. The van der Waals surface area contributed by atoms with Crippen LogP contribution in [0, 0.1) is 0 Å². The summed E-state index contributed by atoms with van der Waals surface area (Å²) in [7, 11) is -3.55. The summed E-state index contributed by atoms with van der Waals surface area (Å²) in [5.41, 5.74) is 1.18. The second kappa shape index (κ2) is 8.42. The Morgan fingerprint density at radius 3 is 2.42 bits per heavy atom. The first kappa shape index (κ1) is 18.5. The van der Waals surface area contributed by atoms with Crippen molar-refractivity contribution in [1.29, 1.82) is 0 Å². The van der Waals surface area contributed by atoms with Crippen LogP contribution in [0.25, 0.3) is 0 Å². The summed E-state index contributed by atoms with van der Waals surface area (Å²) in [5, 5.41) is 2.77. The van der Waals surface area contributed by atoms with Crippen molar-refractivity contribution in [3.8, 4) is 0 Å². The summed E-state index contributed by atoms with van der Waals surface area (Å²) in [6, 6.07) is 11.5. The van der Waals surface area contributed by atoms with Crippen LogP contribution in [0.1, 0.15) is 48.2 Å². The van der Waals surface area contributed by atoms with E-state index in [1.165, 1.54) is 30.7 Å². The molecular formula is C19H23N3O3S. The van der Waals surface area contributed by atoms with Crippen LogP contribution >= 0.6 is 0 Å². The Morgan fingerprint density at radius 1 is 1.04 bits per heavy atom. The summed E-state index contributed by atoms with van der Waals surface area (Å²) >= 11 is 0. The van der Waals surface area contributed by atoms with Gasteiger partial charge in [-0.25, -0.2) is 13.1 Å². The predicted octanol–water partition coefficient (Wildman–Crippen LogP) is 2.62. The van der Waals surface area contributed by atoms with Crippen molar-refractivity contribution in [2.45, 2.75) is 49.6 Å². The fourth-order valence-electron chi connectivity index (χ4n) is 3.07. The molecule has 0 aliphatic heterocycles. The summed E-state index contributed by atoms with van der Waals surface area (Å²) < 4.78 is 27.7. The monoisotopic (exact) mass is 373 g/mol. The smallest absolute Gasteiger partial charge is 0.251 e. The van der Waals surface area contributed by atoms with Crippen LogP contribution in [-0.4, -0.2) is 25.4 Å². The minimum atomic E-state index is -3.55. The lowest BCUT2D eigenvalue weighted by atomic mass is 9.96. The Kier molecular flexibility index (Phi) is 6.00. The lowest BCUT2D eigenvalue weighted by Gasteiger charge is -2.22. The minimum absolute atomic E-state index is 0.00935. The summed E-state index contributed by atoms with van der Waals surface area (Å²) in [6.45, 7) is 0.322. The molecule has 0 atom stereocenters. The van der Waals surface area contributed by atoms with E-state index in [1.54, 1.807) is 6.20 Å². The molecule has 1 saturated carbocycles. The molecule has 2 aromatic rings. The molecule has 26 heavy (non-hydrogen) atoms. The third-order valence-electron chi connectivity index (χ3n) is 4.51. The van der Waals surface area contributed by atoms with Crippen LogP contribution in [0.15, 0.2) is 53.6 Å². The number of nitrogens with zero attached hydrogens (tertiary/aromatic N) is 1. The second-order valence-corrected chi connectivity index (χ2v) is 8.20. The molecule has 2 N–H and O–H groups in total. The van der Waals surface area contributed by atoms with Gasteiger partial charge in [0.05, 0.1) is 17.1 Å². The van der Waals surface area contributed by atoms with E-state index in [0.29, 0.717) is 12.1 Å². The zero-order valence-electron chi connectivity index (χ0n) is 14.5. The number of pyridine rings is 1. The molecule has 0 spiro atoms. The fourth-order valence-corrected chi connectivity index (χ4v) is 4.37. The summed E-state index contributed by atoms with van der Waals surface area (Å²) in [5.74, 6) is -0.264. The van der Waals surface area contributed by atoms with Crippen molar-refractivity contribution in [2.75, 3.05) is 0 Å². The molecule has 3 rings (SSSR count). The largest absolute Gasteiger partial charge is 0.346 e. The number of aromatic nitrogens is 1. The third kappa shape index (κ3) is 4.89. The molecule has 138 valence electrons. The maximum absolute atomic E-state index is 12.5. The maximum Gasteiger partial charge on any atom is 0.251 e. The number of benzene rings is 1. The van der Waals surface area contributed by atoms with Gasteiger partial charge in [-0.15, -0.1) is 0 Å². The van der Waals surface area contributed by atoms with Gasteiger partial charge in [-0.1, -0.05) is 25.3 Å². The molecule has 0 radical (unpaired) electrons. The molecule has 1 aromatic carbocycles. The van der Waals surface area contributed by atoms with Crippen molar-refractivity contribution in [1.82, 2.24) is 15.0 Å². The molecule has 1 fully saturated rings. The minimum Gasteiger partial charge on any atom is -0.346 e. The van der Waals surface area contributed by atoms with Crippen molar-refractivity contribution >= 4 is 15.9 Å². The number of nitrogens with one attached hydrogen (secondary N) is 2. The molecule has 1 aromatic heterocycles. The van der Waals surface area contributed by atoms with Crippen molar-refractivity contribution in [2.24, 2.45) is 0 Å². The average Bonchev–Trinajstić information content (AvgIpc) is 2.67. The van der Waals surface area contributed by atoms with Gasteiger partial charge in [-0.05, 0) is 49.2 Å². The van der Waals surface area contributed by atoms with Crippen molar-refractivity contribution in [3.63, 3.8) is 0 Å². The van der Waals surface area contributed by atoms with Gasteiger partial charge < -0.3 is 5.32 Å². The number of hydrogen-bond donors (Lipinski definition) is 2. The van der Waals surface area contributed by atoms with Gasteiger partial charge in [0.2, 0.25) is 10.0 Å². The molecule has 1 aliphatic rings. The van der Waals surface area contributed by atoms with E-state index < -0.39 is 10.0 Å². The zero-order valence-corrected chi connectivity index (χ0v) is 15.3. The van der Waals surface area contributed by atoms with Gasteiger partial charge in [0.1, 0.15) is 0 Å². The highest BCUT2D eigenvalue weighted by molar-refractivity contribution is 7.89. The normalized spacial score (nSPS) is 15.5. The molecule has 1 heterocycles. The van der Waals surface area contributed by atoms with Gasteiger partial charge in [-0.3, -0.25) is 9.78 Å². The highest BCUT2D eigenvalue weighted by Crippen LogP contribution is 2.20. The lowest BCUT2D eigenvalue weighted by Crippen LogP contribution is -2.36. The molecule has 7 heteroatoms. The van der Waals surface area contributed by atoms with Crippen LogP contribution in [0.3, 0.4) is 0 Å². The van der Waals surface area contributed by atoms with E-state index in [9.17, 15) is 13.2 Å². The van der Waals surface area contributed by atoms with Gasteiger partial charge in [-0.2, -0.15) is 0 Å². The van der Waals surface area contributed by atoms with Gasteiger partial charge in [0.25, 0.3) is 5.91 Å². The topological polar surface area (TPSA) is 88.2 Å². The summed E-state index contributed by atoms with van der Waals surface area (Å²) in [4.78, 5) is 16.5. The molecule has 0 bridgehead atoms. The van der Waals surface area contributed by atoms with E-state index >= 15 is 0 Å². The quantitative estimate of drug-likeness (QED) is 0.815. The number of rotatable bonds is 6. The maximum atomic E-state index is 12.5. The van der Waals surface area contributed by atoms with Crippen molar-refractivity contribution in [3.05, 3.63) is 59.9 Å².